The number of halogens is 2. The number of fused-ring (bicyclic) bond motifs is 2. The van der Waals surface area contributed by atoms with E-state index in [0.717, 1.165) is 25.7 Å². The minimum Gasteiger partial charge on any atom is -0.507 e. The van der Waals surface area contributed by atoms with Crippen molar-refractivity contribution in [2.45, 2.75) is 56.8 Å². The maximum Gasteiger partial charge on any atom is 0.185 e. The third kappa shape index (κ3) is 4.24. The summed E-state index contributed by atoms with van der Waals surface area (Å²) in [7, 11) is 1.85. The van der Waals surface area contributed by atoms with Gasteiger partial charge in [0.1, 0.15) is 17.7 Å². The number of benzene rings is 1. The van der Waals surface area contributed by atoms with E-state index >= 15 is 4.39 Å². The summed E-state index contributed by atoms with van der Waals surface area (Å²) in [4.78, 5) is 10.3. The van der Waals surface area contributed by atoms with Gasteiger partial charge in [0.15, 0.2) is 11.6 Å². The molecular weight excluding hydrogens is 468 g/mol. The zero-order valence-corrected chi connectivity index (χ0v) is 21.1. The van der Waals surface area contributed by atoms with Crippen LogP contribution in [0.25, 0.3) is 22.5 Å². The van der Waals surface area contributed by atoms with Gasteiger partial charge in [0.2, 0.25) is 0 Å². The first-order valence-electron chi connectivity index (χ1n) is 11.7. The number of aromatic hydroxyl groups is 1. The predicted molar refractivity (Wildman–Crippen MR) is 134 cm³/mol. The molecule has 1 N–H and O–H groups in total. The van der Waals surface area contributed by atoms with Crippen molar-refractivity contribution in [3.05, 3.63) is 42.5 Å². The maximum absolute atomic E-state index is 15.5. The number of pyridine rings is 1. The summed E-state index contributed by atoms with van der Waals surface area (Å²) in [6.07, 6.45) is 7.32. The Hall–Kier alpha value is -2.81. The fourth-order valence-electron chi connectivity index (χ4n) is 5.92. The van der Waals surface area contributed by atoms with Crippen LogP contribution in [-0.2, 0) is 0 Å². The molecule has 184 valence electrons. The van der Waals surface area contributed by atoms with E-state index in [4.69, 9.17) is 0 Å². The van der Waals surface area contributed by atoms with Gasteiger partial charge in [-0.1, -0.05) is 19.9 Å². The smallest absolute Gasteiger partial charge is 0.185 e. The topological polar surface area (TPSA) is 75.0 Å². The van der Waals surface area contributed by atoms with E-state index in [1.54, 1.807) is 24.4 Å². The van der Waals surface area contributed by atoms with Gasteiger partial charge in [0.05, 0.1) is 29.0 Å². The zero-order chi connectivity index (χ0) is 25.0. The Labute approximate surface area is 208 Å². The highest BCUT2D eigenvalue weighted by Crippen LogP contribution is 2.59. The Morgan fingerprint density at radius 3 is 2.57 bits per heavy atom. The van der Waals surface area contributed by atoms with E-state index in [2.05, 4.69) is 34.0 Å². The van der Waals surface area contributed by atoms with Gasteiger partial charge in [-0.25, -0.2) is 18.7 Å². The fourth-order valence-corrected chi connectivity index (χ4v) is 6.31. The number of hydrogen-bond donors (Lipinski definition) is 1. The van der Waals surface area contributed by atoms with Gasteiger partial charge >= 0.3 is 0 Å². The number of phenolic OH excluding ortho intramolecular Hbond substituents is 1. The van der Waals surface area contributed by atoms with Crippen LogP contribution in [0.4, 0.5) is 14.6 Å². The van der Waals surface area contributed by atoms with Crippen molar-refractivity contribution in [1.29, 1.82) is 0 Å². The number of rotatable bonds is 5. The summed E-state index contributed by atoms with van der Waals surface area (Å²) in [6, 6.07) is 6.19. The molecule has 2 aromatic heterocycles. The van der Waals surface area contributed by atoms with Gasteiger partial charge < -0.3 is 10.0 Å². The Balaban J connectivity index is 1.38. The minimum atomic E-state index is -0.943. The van der Waals surface area contributed by atoms with E-state index in [1.807, 2.05) is 18.2 Å². The van der Waals surface area contributed by atoms with Crippen LogP contribution in [-0.4, -0.2) is 50.8 Å². The molecule has 0 aliphatic heterocycles. The van der Waals surface area contributed by atoms with Gasteiger partial charge in [0.25, 0.3) is 0 Å². The van der Waals surface area contributed by atoms with E-state index in [0.29, 0.717) is 27.5 Å². The Kier molecular flexibility index (Phi) is 5.94. The number of nitrogens with zero attached hydrogens (tertiary/aromatic N) is 5. The average Bonchev–Trinajstić information content (AvgIpc) is 3.13. The molecule has 0 radical (unpaired) electrons. The quantitative estimate of drug-likeness (QED) is 0.439. The first kappa shape index (κ1) is 23.9. The SMILES string of the molecule is CSc1cc(-c2ccc(-c3ncc(N(C)[C@H]4C[C@]5(C)CC[C@@](C)(C5)[C@H]4F)nn3)c(O)c2)c(F)cn1. The van der Waals surface area contributed by atoms with Gasteiger partial charge in [0, 0.05) is 18.0 Å². The molecular formula is C26H29F2N5OS. The monoisotopic (exact) mass is 497 g/mol. The van der Waals surface area contributed by atoms with Gasteiger partial charge in [-0.3, -0.25) is 0 Å². The van der Waals surface area contributed by atoms with Crippen molar-refractivity contribution in [3.8, 4) is 28.3 Å². The van der Waals surface area contributed by atoms with Gasteiger partial charge in [-0.15, -0.1) is 22.0 Å². The van der Waals surface area contributed by atoms with Gasteiger partial charge in [-0.2, -0.15) is 0 Å². The number of phenols is 1. The van der Waals surface area contributed by atoms with Crippen molar-refractivity contribution < 1.29 is 13.9 Å². The summed E-state index contributed by atoms with van der Waals surface area (Å²) in [5, 5.41) is 19.9. The van der Waals surface area contributed by atoms with Crippen LogP contribution in [0.2, 0.25) is 0 Å². The fraction of sp³-hybridized carbons (Fsp3) is 0.462. The predicted octanol–water partition coefficient (Wildman–Crippen LogP) is 5.91. The molecule has 4 atom stereocenters. The highest BCUT2D eigenvalue weighted by molar-refractivity contribution is 7.98. The average molecular weight is 498 g/mol. The second-order valence-electron chi connectivity index (χ2n) is 10.5. The first-order valence-corrected chi connectivity index (χ1v) is 12.9. The molecule has 1 aromatic carbocycles. The Bertz CT molecular complexity index is 1260. The first-order chi connectivity index (χ1) is 16.6. The van der Waals surface area contributed by atoms with Crippen molar-refractivity contribution >= 4 is 17.6 Å². The van der Waals surface area contributed by atoms with Crippen LogP contribution in [0.3, 0.4) is 0 Å². The normalized spacial score (nSPS) is 27.7. The number of hydrogen-bond acceptors (Lipinski definition) is 7. The highest BCUT2D eigenvalue weighted by atomic mass is 32.2. The van der Waals surface area contributed by atoms with Crippen LogP contribution < -0.4 is 4.90 Å². The number of thioether (sulfide) groups is 1. The lowest BCUT2D eigenvalue weighted by Crippen LogP contribution is -2.52. The van der Waals surface area contributed by atoms with Crippen LogP contribution in [0.5, 0.6) is 5.75 Å². The third-order valence-electron chi connectivity index (χ3n) is 7.83. The van der Waals surface area contributed by atoms with E-state index in [1.165, 1.54) is 24.0 Å². The highest BCUT2D eigenvalue weighted by Gasteiger charge is 2.56. The Morgan fingerprint density at radius 1 is 1.09 bits per heavy atom. The molecule has 0 saturated heterocycles. The molecule has 5 rings (SSSR count). The molecule has 0 unspecified atom stereocenters. The number of aromatic nitrogens is 4. The third-order valence-corrected chi connectivity index (χ3v) is 8.47. The van der Waals surface area contributed by atoms with E-state index in [9.17, 15) is 9.50 Å². The summed E-state index contributed by atoms with van der Waals surface area (Å²) in [5.41, 5.74) is 1.11. The second kappa shape index (κ2) is 8.69. The lowest BCUT2D eigenvalue weighted by Gasteiger charge is -2.46. The van der Waals surface area contributed by atoms with Crippen molar-refractivity contribution in [3.63, 3.8) is 0 Å². The standard InChI is InChI=1S/C26H29F2N5OS/c1-25-7-8-26(2,14-25)23(28)19(11-25)33(3)21-13-30-24(32-31-21)16-6-5-15(9-20(16)34)17-10-22(35-4)29-12-18(17)27/h5-6,9-10,12-13,19,23,34H,7-8,11,14H2,1-4H3/t19-,23-,25-,26-/m0/s1. The molecule has 9 heteroatoms. The molecule has 0 spiro atoms. The van der Waals surface area contributed by atoms with Crippen molar-refractivity contribution in [1.82, 2.24) is 20.2 Å². The van der Waals surface area contributed by atoms with Crippen molar-refractivity contribution in [2.24, 2.45) is 10.8 Å². The lowest BCUT2D eigenvalue weighted by molar-refractivity contribution is 0.0380. The molecule has 3 aromatic rings. The molecule has 2 aliphatic rings. The largest absolute Gasteiger partial charge is 0.507 e. The molecule has 2 bridgehead atoms. The lowest BCUT2D eigenvalue weighted by atomic mass is 9.67. The number of anilines is 1. The Morgan fingerprint density at radius 2 is 1.89 bits per heavy atom. The van der Waals surface area contributed by atoms with Gasteiger partial charge in [-0.05, 0) is 61.1 Å². The maximum atomic E-state index is 15.5. The molecule has 2 saturated carbocycles. The zero-order valence-electron chi connectivity index (χ0n) is 20.3. The van der Waals surface area contributed by atoms with Crippen LogP contribution in [0.15, 0.2) is 41.7 Å². The number of alkyl halides is 1. The van der Waals surface area contributed by atoms with E-state index in [-0.39, 0.29) is 28.4 Å². The molecule has 0 amide bonds. The summed E-state index contributed by atoms with van der Waals surface area (Å²) >= 11 is 1.41. The summed E-state index contributed by atoms with van der Waals surface area (Å²) in [5.74, 6) is 0.186. The summed E-state index contributed by atoms with van der Waals surface area (Å²) < 4.78 is 29.8. The minimum absolute atomic E-state index is 0.0826. The van der Waals surface area contributed by atoms with Crippen LogP contribution >= 0.6 is 11.8 Å². The van der Waals surface area contributed by atoms with Crippen molar-refractivity contribution in [2.75, 3.05) is 18.2 Å². The second-order valence-corrected chi connectivity index (χ2v) is 11.3. The van der Waals surface area contributed by atoms with Crippen LogP contribution in [0.1, 0.15) is 39.5 Å². The summed E-state index contributed by atoms with van der Waals surface area (Å²) in [6.45, 7) is 4.31. The molecule has 2 heterocycles. The molecule has 2 aliphatic carbocycles. The molecule has 35 heavy (non-hydrogen) atoms. The van der Waals surface area contributed by atoms with E-state index < -0.39 is 12.0 Å². The molecule has 6 nitrogen and oxygen atoms in total. The van der Waals surface area contributed by atoms with Crippen LogP contribution in [0, 0.1) is 16.6 Å². The molecule has 2 fully saturated rings.